The summed E-state index contributed by atoms with van der Waals surface area (Å²) in [6.45, 7) is 1.60. The van der Waals surface area contributed by atoms with E-state index in [1.54, 1.807) is 6.20 Å². The Hall–Kier alpha value is -1.89. The second kappa shape index (κ2) is 4.17. The monoisotopic (exact) mass is 235 g/mol. The number of rotatable bonds is 3. The van der Waals surface area contributed by atoms with Crippen molar-refractivity contribution in [3.05, 3.63) is 12.0 Å². The summed E-state index contributed by atoms with van der Waals surface area (Å²) in [5, 5.41) is 10.4. The number of aromatic nitrogens is 4. The molecule has 7 nitrogen and oxygen atoms in total. The van der Waals surface area contributed by atoms with Crippen molar-refractivity contribution in [2.45, 2.75) is 12.8 Å². The van der Waals surface area contributed by atoms with Crippen LogP contribution in [0.3, 0.4) is 0 Å². The second-order valence-corrected chi connectivity index (χ2v) is 4.15. The summed E-state index contributed by atoms with van der Waals surface area (Å²) in [6, 6.07) is 0. The van der Waals surface area contributed by atoms with E-state index in [1.165, 1.54) is 0 Å². The Morgan fingerprint density at radius 3 is 3.18 bits per heavy atom. The highest BCUT2D eigenvalue weighted by Crippen LogP contribution is 2.23. The molecule has 0 bridgehead atoms. The Balaban J connectivity index is 1.76. The minimum absolute atomic E-state index is 0.408. The first-order valence-electron chi connectivity index (χ1n) is 5.52. The zero-order chi connectivity index (χ0) is 11.7. The van der Waals surface area contributed by atoms with E-state index >= 15 is 0 Å². The standard InChI is InChI=1S/C10H13N5O2/c11-9-7(4-12-14-9)10-13-8(15-17-10)3-6-1-2-16-5-6/h4,6H,1-3,5H2,(H3,11,12,14). The maximum Gasteiger partial charge on any atom is 0.263 e. The fourth-order valence-corrected chi connectivity index (χ4v) is 1.92. The van der Waals surface area contributed by atoms with Crippen LogP contribution in [0.5, 0.6) is 0 Å². The predicted octanol–water partition coefficient (Wildman–Crippen LogP) is 0.621. The van der Waals surface area contributed by atoms with Crippen LogP contribution in [0.15, 0.2) is 10.7 Å². The van der Waals surface area contributed by atoms with Crippen molar-refractivity contribution >= 4 is 5.82 Å². The highest BCUT2D eigenvalue weighted by atomic mass is 16.5. The van der Waals surface area contributed by atoms with Crippen molar-refractivity contribution in [3.8, 4) is 11.5 Å². The topological polar surface area (TPSA) is 103 Å². The Labute approximate surface area is 97.3 Å². The summed E-state index contributed by atoms with van der Waals surface area (Å²) in [7, 11) is 0. The molecule has 2 aromatic rings. The van der Waals surface area contributed by atoms with Gasteiger partial charge in [0.15, 0.2) is 5.82 Å². The largest absolute Gasteiger partial charge is 0.383 e. The number of nitrogens with one attached hydrogen (secondary N) is 1. The average molecular weight is 235 g/mol. The molecule has 0 aromatic carbocycles. The molecule has 7 heteroatoms. The lowest BCUT2D eigenvalue weighted by atomic mass is 10.1. The molecule has 3 N–H and O–H groups in total. The van der Waals surface area contributed by atoms with Crippen LogP contribution in [-0.4, -0.2) is 33.6 Å². The molecule has 3 rings (SSSR count). The van der Waals surface area contributed by atoms with E-state index in [1.807, 2.05) is 0 Å². The van der Waals surface area contributed by atoms with Crippen LogP contribution >= 0.6 is 0 Å². The Morgan fingerprint density at radius 2 is 2.47 bits per heavy atom. The van der Waals surface area contributed by atoms with Crippen molar-refractivity contribution in [1.82, 2.24) is 20.3 Å². The van der Waals surface area contributed by atoms with E-state index in [4.69, 9.17) is 15.0 Å². The number of nitrogen functional groups attached to an aromatic ring is 1. The second-order valence-electron chi connectivity index (χ2n) is 4.15. The maximum atomic E-state index is 5.68. The van der Waals surface area contributed by atoms with Gasteiger partial charge < -0.3 is 15.0 Å². The molecule has 1 fully saturated rings. The SMILES string of the molecule is Nc1[nH]ncc1-c1nc(CC2CCOC2)no1. The van der Waals surface area contributed by atoms with Crippen molar-refractivity contribution in [2.24, 2.45) is 5.92 Å². The van der Waals surface area contributed by atoms with Gasteiger partial charge in [-0.3, -0.25) is 5.10 Å². The molecular weight excluding hydrogens is 222 g/mol. The van der Waals surface area contributed by atoms with Crippen molar-refractivity contribution < 1.29 is 9.26 Å². The Morgan fingerprint density at radius 1 is 1.53 bits per heavy atom. The molecule has 1 aliphatic heterocycles. The van der Waals surface area contributed by atoms with E-state index in [9.17, 15) is 0 Å². The number of H-pyrrole nitrogens is 1. The lowest BCUT2D eigenvalue weighted by Crippen LogP contribution is -2.04. The number of nitrogens with zero attached hydrogens (tertiary/aromatic N) is 3. The third-order valence-corrected chi connectivity index (χ3v) is 2.86. The predicted molar refractivity (Wildman–Crippen MR) is 58.9 cm³/mol. The van der Waals surface area contributed by atoms with Gasteiger partial charge >= 0.3 is 0 Å². The van der Waals surface area contributed by atoms with Crippen LogP contribution in [0.25, 0.3) is 11.5 Å². The van der Waals surface area contributed by atoms with Crippen molar-refractivity contribution in [2.75, 3.05) is 18.9 Å². The van der Waals surface area contributed by atoms with Gasteiger partial charge in [-0.2, -0.15) is 10.1 Å². The molecular formula is C10H13N5O2. The Bertz CT molecular complexity index is 500. The van der Waals surface area contributed by atoms with E-state index in [2.05, 4.69) is 20.3 Å². The van der Waals surface area contributed by atoms with Crippen molar-refractivity contribution in [1.29, 1.82) is 0 Å². The number of hydrogen-bond donors (Lipinski definition) is 2. The summed E-state index contributed by atoms with van der Waals surface area (Å²) in [4.78, 5) is 4.30. The van der Waals surface area contributed by atoms with Crippen LogP contribution in [-0.2, 0) is 11.2 Å². The first kappa shape index (κ1) is 10.3. The smallest absolute Gasteiger partial charge is 0.263 e. The molecule has 0 spiro atoms. The third-order valence-electron chi connectivity index (χ3n) is 2.86. The molecule has 0 aliphatic carbocycles. The number of anilines is 1. The van der Waals surface area contributed by atoms with E-state index < -0.39 is 0 Å². The lowest BCUT2D eigenvalue weighted by Gasteiger charge is -2.00. The molecule has 0 radical (unpaired) electrons. The summed E-state index contributed by atoms with van der Waals surface area (Å²) < 4.78 is 10.5. The number of hydrogen-bond acceptors (Lipinski definition) is 6. The normalized spacial score (nSPS) is 19.9. The summed E-state index contributed by atoms with van der Waals surface area (Å²) in [5.41, 5.74) is 6.32. The lowest BCUT2D eigenvalue weighted by molar-refractivity contribution is 0.185. The summed E-state index contributed by atoms with van der Waals surface area (Å²) >= 11 is 0. The fourth-order valence-electron chi connectivity index (χ4n) is 1.92. The zero-order valence-corrected chi connectivity index (χ0v) is 9.22. The minimum Gasteiger partial charge on any atom is -0.383 e. The van der Waals surface area contributed by atoms with Gasteiger partial charge in [0.05, 0.1) is 6.20 Å². The molecule has 17 heavy (non-hydrogen) atoms. The first-order valence-corrected chi connectivity index (χ1v) is 5.52. The maximum absolute atomic E-state index is 5.68. The van der Waals surface area contributed by atoms with Gasteiger partial charge in [-0.05, 0) is 12.3 Å². The highest BCUT2D eigenvalue weighted by molar-refractivity contribution is 5.65. The van der Waals surface area contributed by atoms with Gasteiger partial charge in [0, 0.05) is 19.6 Å². The molecule has 1 atom stereocenters. The number of ether oxygens (including phenoxy) is 1. The average Bonchev–Trinajstić information content (AvgIpc) is 3.00. The summed E-state index contributed by atoms with van der Waals surface area (Å²) in [6.07, 6.45) is 3.41. The first-order chi connectivity index (χ1) is 8.33. The molecule has 1 unspecified atom stereocenters. The summed E-state index contributed by atoms with van der Waals surface area (Å²) in [5.74, 6) is 2.02. The van der Waals surface area contributed by atoms with Gasteiger partial charge in [-0.1, -0.05) is 5.16 Å². The quantitative estimate of drug-likeness (QED) is 0.808. The molecule has 90 valence electrons. The number of nitrogens with two attached hydrogens (primary N) is 1. The molecule has 0 saturated carbocycles. The number of aromatic amines is 1. The van der Waals surface area contributed by atoms with Crippen LogP contribution in [0.2, 0.25) is 0 Å². The van der Waals surface area contributed by atoms with Crippen molar-refractivity contribution in [3.63, 3.8) is 0 Å². The van der Waals surface area contributed by atoms with E-state index in [0.717, 1.165) is 26.1 Å². The van der Waals surface area contributed by atoms with Crippen LogP contribution in [0.1, 0.15) is 12.2 Å². The molecule has 1 aliphatic rings. The van der Waals surface area contributed by atoms with Crippen LogP contribution in [0, 0.1) is 5.92 Å². The Kier molecular flexibility index (Phi) is 2.52. The fraction of sp³-hybridized carbons (Fsp3) is 0.500. The minimum atomic E-state index is 0.408. The van der Waals surface area contributed by atoms with Gasteiger partial charge in [0.25, 0.3) is 5.89 Å². The van der Waals surface area contributed by atoms with E-state index in [-0.39, 0.29) is 0 Å². The van der Waals surface area contributed by atoms with Gasteiger partial charge in [-0.15, -0.1) is 0 Å². The molecule has 3 heterocycles. The van der Waals surface area contributed by atoms with Crippen LogP contribution < -0.4 is 5.73 Å². The third kappa shape index (κ3) is 2.01. The molecule has 2 aromatic heterocycles. The van der Waals surface area contributed by atoms with Gasteiger partial charge in [0.1, 0.15) is 11.4 Å². The van der Waals surface area contributed by atoms with Gasteiger partial charge in [0.2, 0.25) is 0 Å². The van der Waals surface area contributed by atoms with E-state index in [0.29, 0.717) is 29.0 Å². The zero-order valence-electron chi connectivity index (χ0n) is 9.22. The van der Waals surface area contributed by atoms with Crippen LogP contribution in [0.4, 0.5) is 5.82 Å². The van der Waals surface area contributed by atoms with Gasteiger partial charge in [-0.25, -0.2) is 0 Å². The molecule has 0 amide bonds. The highest BCUT2D eigenvalue weighted by Gasteiger charge is 2.20. The molecule has 1 saturated heterocycles.